The Bertz CT molecular complexity index is 393. The fourth-order valence-electron chi connectivity index (χ4n) is 1.65. The molecular formula is C14H20FNO2. The van der Waals surface area contributed by atoms with Crippen molar-refractivity contribution in [2.24, 2.45) is 0 Å². The highest BCUT2D eigenvalue weighted by Crippen LogP contribution is 2.09. The molecule has 0 aliphatic rings. The first-order chi connectivity index (χ1) is 8.63. The molecule has 0 aliphatic carbocycles. The van der Waals surface area contributed by atoms with Gasteiger partial charge in [0, 0.05) is 18.5 Å². The van der Waals surface area contributed by atoms with Crippen molar-refractivity contribution in [1.29, 1.82) is 0 Å². The summed E-state index contributed by atoms with van der Waals surface area (Å²) in [6.07, 6.45) is 1.10. The maximum atomic E-state index is 13.4. The lowest BCUT2D eigenvalue weighted by atomic mass is 10.1. The lowest BCUT2D eigenvalue weighted by molar-refractivity contribution is -0.143. The van der Waals surface area contributed by atoms with Crippen LogP contribution in [0.1, 0.15) is 30.9 Å². The van der Waals surface area contributed by atoms with Crippen LogP contribution in [0.4, 0.5) is 4.39 Å². The molecule has 1 rings (SSSR count). The topological polar surface area (TPSA) is 38.3 Å². The number of rotatable bonds is 7. The van der Waals surface area contributed by atoms with Crippen LogP contribution in [0, 0.1) is 12.7 Å². The number of carbonyl (C=O) groups is 1. The molecule has 1 aromatic carbocycles. The van der Waals surface area contributed by atoms with Gasteiger partial charge in [0.15, 0.2) is 0 Å². The third-order valence-electron chi connectivity index (χ3n) is 2.56. The molecule has 0 saturated heterocycles. The zero-order chi connectivity index (χ0) is 13.4. The number of nitrogens with one attached hydrogen (secondary N) is 1. The monoisotopic (exact) mass is 253 g/mol. The van der Waals surface area contributed by atoms with E-state index in [0.29, 0.717) is 38.1 Å². The Morgan fingerprint density at radius 2 is 2.22 bits per heavy atom. The Kier molecular flexibility index (Phi) is 6.36. The average molecular weight is 253 g/mol. The van der Waals surface area contributed by atoms with E-state index in [-0.39, 0.29) is 11.8 Å². The van der Waals surface area contributed by atoms with E-state index < -0.39 is 0 Å². The highest BCUT2D eigenvalue weighted by atomic mass is 19.1. The van der Waals surface area contributed by atoms with E-state index in [1.165, 1.54) is 6.07 Å². The highest BCUT2D eigenvalue weighted by Gasteiger charge is 2.03. The van der Waals surface area contributed by atoms with Gasteiger partial charge in [-0.1, -0.05) is 17.7 Å². The Morgan fingerprint density at radius 1 is 1.44 bits per heavy atom. The Morgan fingerprint density at radius 3 is 2.94 bits per heavy atom. The Balaban J connectivity index is 2.21. The van der Waals surface area contributed by atoms with E-state index in [0.717, 1.165) is 5.56 Å². The smallest absolute Gasteiger partial charge is 0.305 e. The van der Waals surface area contributed by atoms with Crippen molar-refractivity contribution in [3.63, 3.8) is 0 Å². The molecule has 0 saturated carbocycles. The number of hydrogen-bond donors (Lipinski definition) is 1. The van der Waals surface area contributed by atoms with Crippen LogP contribution in [-0.4, -0.2) is 19.1 Å². The van der Waals surface area contributed by atoms with E-state index in [1.54, 1.807) is 13.0 Å². The van der Waals surface area contributed by atoms with Gasteiger partial charge in [-0.2, -0.15) is 0 Å². The van der Waals surface area contributed by atoms with Gasteiger partial charge < -0.3 is 10.1 Å². The number of esters is 1. The zero-order valence-electron chi connectivity index (χ0n) is 11.0. The van der Waals surface area contributed by atoms with Crippen molar-refractivity contribution in [1.82, 2.24) is 5.32 Å². The number of hydrogen-bond acceptors (Lipinski definition) is 3. The van der Waals surface area contributed by atoms with Crippen LogP contribution >= 0.6 is 0 Å². The molecule has 0 aliphatic heterocycles. The molecule has 0 amide bonds. The molecule has 0 radical (unpaired) electrons. The summed E-state index contributed by atoms with van der Waals surface area (Å²) in [6.45, 7) is 5.30. The van der Waals surface area contributed by atoms with Crippen LogP contribution in [0.3, 0.4) is 0 Å². The zero-order valence-corrected chi connectivity index (χ0v) is 11.0. The standard InChI is InChI=1S/C14H20FNO2/c1-3-18-14(17)5-4-8-16-10-12-9-11(2)6-7-13(12)15/h6-7,9,16H,3-5,8,10H2,1-2H3. The van der Waals surface area contributed by atoms with Crippen molar-refractivity contribution in [3.05, 3.63) is 35.1 Å². The van der Waals surface area contributed by atoms with Crippen LogP contribution in [0.5, 0.6) is 0 Å². The van der Waals surface area contributed by atoms with Crippen molar-refractivity contribution >= 4 is 5.97 Å². The first-order valence-electron chi connectivity index (χ1n) is 6.25. The molecule has 3 nitrogen and oxygen atoms in total. The third kappa shape index (κ3) is 5.27. The second kappa shape index (κ2) is 7.82. The Labute approximate surface area is 107 Å². The summed E-state index contributed by atoms with van der Waals surface area (Å²) < 4.78 is 18.2. The highest BCUT2D eigenvalue weighted by molar-refractivity contribution is 5.69. The molecule has 0 heterocycles. The van der Waals surface area contributed by atoms with Gasteiger partial charge in [-0.15, -0.1) is 0 Å². The minimum Gasteiger partial charge on any atom is -0.466 e. The van der Waals surface area contributed by atoms with Crippen molar-refractivity contribution in [2.45, 2.75) is 33.2 Å². The fraction of sp³-hybridized carbons (Fsp3) is 0.500. The van der Waals surface area contributed by atoms with Gasteiger partial charge in [0.05, 0.1) is 6.61 Å². The average Bonchev–Trinajstić information content (AvgIpc) is 2.33. The van der Waals surface area contributed by atoms with Gasteiger partial charge in [-0.25, -0.2) is 4.39 Å². The lowest BCUT2D eigenvalue weighted by Crippen LogP contribution is -2.17. The van der Waals surface area contributed by atoms with Crippen LogP contribution in [0.25, 0.3) is 0 Å². The molecule has 1 N–H and O–H groups in total. The van der Waals surface area contributed by atoms with E-state index >= 15 is 0 Å². The SMILES string of the molecule is CCOC(=O)CCCNCc1cc(C)ccc1F. The molecule has 4 heteroatoms. The first-order valence-corrected chi connectivity index (χ1v) is 6.25. The third-order valence-corrected chi connectivity index (χ3v) is 2.56. The van der Waals surface area contributed by atoms with E-state index in [4.69, 9.17) is 4.74 Å². The summed E-state index contributed by atoms with van der Waals surface area (Å²) in [6, 6.07) is 5.05. The molecule has 0 fully saturated rings. The molecule has 1 aromatic rings. The summed E-state index contributed by atoms with van der Waals surface area (Å²) >= 11 is 0. The number of ether oxygens (including phenoxy) is 1. The number of halogens is 1. The second-order valence-electron chi connectivity index (χ2n) is 4.18. The predicted molar refractivity (Wildman–Crippen MR) is 68.7 cm³/mol. The molecule has 0 bridgehead atoms. The first kappa shape index (κ1) is 14.6. The summed E-state index contributed by atoms with van der Waals surface area (Å²) in [5.74, 6) is -0.375. The molecule has 18 heavy (non-hydrogen) atoms. The maximum absolute atomic E-state index is 13.4. The number of aryl methyl sites for hydroxylation is 1. The quantitative estimate of drug-likeness (QED) is 0.599. The minimum atomic E-state index is -0.196. The van der Waals surface area contributed by atoms with Crippen LogP contribution < -0.4 is 5.32 Å². The molecule has 100 valence electrons. The molecule has 0 unspecified atom stereocenters. The fourth-order valence-corrected chi connectivity index (χ4v) is 1.65. The normalized spacial score (nSPS) is 10.4. The molecule has 0 atom stereocenters. The van der Waals surface area contributed by atoms with E-state index in [9.17, 15) is 9.18 Å². The van der Waals surface area contributed by atoms with Crippen molar-refractivity contribution in [2.75, 3.05) is 13.2 Å². The number of benzene rings is 1. The largest absolute Gasteiger partial charge is 0.466 e. The van der Waals surface area contributed by atoms with Crippen LogP contribution in [0.2, 0.25) is 0 Å². The van der Waals surface area contributed by atoms with Gasteiger partial charge in [0.1, 0.15) is 5.82 Å². The van der Waals surface area contributed by atoms with Gasteiger partial charge in [-0.05, 0) is 32.9 Å². The van der Waals surface area contributed by atoms with E-state index in [2.05, 4.69) is 5.32 Å². The maximum Gasteiger partial charge on any atom is 0.305 e. The van der Waals surface area contributed by atoms with Crippen molar-refractivity contribution < 1.29 is 13.9 Å². The summed E-state index contributed by atoms with van der Waals surface area (Å²) in [4.78, 5) is 11.1. The van der Waals surface area contributed by atoms with Gasteiger partial charge in [-0.3, -0.25) is 4.79 Å². The molecule has 0 aromatic heterocycles. The Hall–Kier alpha value is -1.42. The summed E-state index contributed by atoms with van der Waals surface area (Å²) in [5, 5.41) is 3.12. The minimum absolute atomic E-state index is 0.180. The van der Waals surface area contributed by atoms with Crippen LogP contribution in [0.15, 0.2) is 18.2 Å². The van der Waals surface area contributed by atoms with Gasteiger partial charge in [0.25, 0.3) is 0 Å². The summed E-state index contributed by atoms with van der Waals surface area (Å²) in [7, 11) is 0. The second-order valence-corrected chi connectivity index (χ2v) is 4.18. The van der Waals surface area contributed by atoms with Crippen molar-refractivity contribution in [3.8, 4) is 0 Å². The van der Waals surface area contributed by atoms with E-state index in [1.807, 2.05) is 13.0 Å². The van der Waals surface area contributed by atoms with Gasteiger partial charge >= 0.3 is 5.97 Å². The van der Waals surface area contributed by atoms with Gasteiger partial charge in [0.2, 0.25) is 0 Å². The van der Waals surface area contributed by atoms with Crippen LogP contribution in [-0.2, 0) is 16.1 Å². The summed E-state index contributed by atoms with van der Waals surface area (Å²) in [5.41, 5.74) is 1.70. The molecule has 0 spiro atoms. The molecular weight excluding hydrogens is 233 g/mol. The lowest BCUT2D eigenvalue weighted by Gasteiger charge is -2.07. The predicted octanol–water partition coefficient (Wildman–Crippen LogP) is 2.57. The number of carbonyl (C=O) groups excluding carboxylic acids is 1.